The highest BCUT2D eigenvalue weighted by atomic mass is 32.2. The Morgan fingerprint density at radius 3 is 2.56 bits per heavy atom. The molecule has 3 heteroatoms. The van der Waals surface area contributed by atoms with Crippen LogP contribution in [0.1, 0.15) is 25.5 Å². The van der Waals surface area contributed by atoms with Crippen LogP contribution < -0.4 is 5.32 Å². The van der Waals surface area contributed by atoms with E-state index in [9.17, 15) is 5.11 Å². The van der Waals surface area contributed by atoms with Crippen LogP contribution >= 0.6 is 11.8 Å². The minimum atomic E-state index is -0.636. The molecule has 0 heterocycles. The molecule has 0 saturated heterocycles. The van der Waals surface area contributed by atoms with Gasteiger partial charge in [0.1, 0.15) is 0 Å². The Balaban J connectivity index is 2.44. The van der Waals surface area contributed by atoms with Crippen LogP contribution in [-0.4, -0.2) is 29.3 Å². The van der Waals surface area contributed by atoms with E-state index < -0.39 is 5.60 Å². The molecule has 1 aromatic rings. The third kappa shape index (κ3) is 4.56. The highest BCUT2D eigenvalue weighted by molar-refractivity contribution is 7.98. The normalized spacial score (nSPS) is 16.8. The number of aliphatic hydroxyl groups is 1. The largest absolute Gasteiger partial charge is 0.388 e. The van der Waals surface area contributed by atoms with Crippen molar-refractivity contribution in [2.45, 2.75) is 25.5 Å². The van der Waals surface area contributed by atoms with Crippen LogP contribution in [0.3, 0.4) is 0 Å². The summed E-state index contributed by atoms with van der Waals surface area (Å²) >= 11 is 1.67. The molecule has 0 fully saturated rings. The molecule has 0 aliphatic rings. The van der Waals surface area contributed by atoms with Crippen LogP contribution in [0, 0.1) is 0 Å². The molecule has 0 aliphatic carbocycles. The van der Waals surface area contributed by atoms with E-state index in [0.29, 0.717) is 6.54 Å². The minimum absolute atomic E-state index is 0.273. The monoisotopic (exact) mass is 239 g/mol. The Morgan fingerprint density at radius 2 is 2.00 bits per heavy atom. The predicted molar refractivity (Wildman–Crippen MR) is 71.9 cm³/mol. The summed E-state index contributed by atoms with van der Waals surface area (Å²) < 4.78 is 0. The van der Waals surface area contributed by atoms with Crippen LogP contribution in [0.25, 0.3) is 0 Å². The van der Waals surface area contributed by atoms with Gasteiger partial charge < -0.3 is 10.4 Å². The summed E-state index contributed by atoms with van der Waals surface area (Å²) in [5, 5.41) is 13.4. The van der Waals surface area contributed by atoms with Crippen molar-refractivity contribution < 1.29 is 5.11 Å². The molecule has 2 nitrogen and oxygen atoms in total. The van der Waals surface area contributed by atoms with E-state index in [2.05, 4.69) is 24.4 Å². The summed E-state index contributed by atoms with van der Waals surface area (Å²) in [6.45, 7) is 4.60. The van der Waals surface area contributed by atoms with Crippen molar-refractivity contribution in [2.24, 2.45) is 0 Å². The molecule has 0 bridgehead atoms. The van der Waals surface area contributed by atoms with Crippen molar-refractivity contribution in [3.8, 4) is 0 Å². The smallest absolute Gasteiger partial charge is 0.0833 e. The molecule has 90 valence electrons. The van der Waals surface area contributed by atoms with E-state index in [1.165, 1.54) is 5.56 Å². The first-order valence-corrected chi connectivity index (χ1v) is 6.94. The van der Waals surface area contributed by atoms with Crippen molar-refractivity contribution in [1.82, 2.24) is 5.32 Å². The molecular weight excluding hydrogens is 218 g/mol. The Hall–Kier alpha value is -0.510. The van der Waals surface area contributed by atoms with Crippen LogP contribution in [0.4, 0.5) is 0 Å². The maximum absolute atomic E-state index is 10.0. The van der Waals surface area contributed by atoms with Gasteiger partial charge in [0, 0.05) is 18.3 Å². The number of hydrogen-bond acceptors (Lipinski definition) is 3. The predicted octanol–water partition coefficient (Wildman–Crippen LogP) is 2.45. The van der Waals surface area contributed by atoms with Crippen molar-refractivity contribution in [3.63, 3.8) is 0 Å². The van der Waals surface area contributed by atoms with Gasteiger partial charge in [0.15, 0.2) is 0 Å². The fourth-order valence-electron chi connectivity index (χ4n) is 1.59. The lowest BCUT2D eigenvalue weighted by Gasteiger charge is -2.25. The Bertz CT molecular complexity index is 300. The summed E-state index contributed by atoms with van der Waals surface area (Å²) in [6, 6.07) is 10.6. The maximum atomic E-state index is 10.0. The quantitative estimate of drug-likeness (QED) is 0.800. The molecule has 0 spiro atoms. The zero-order valence-electron chi connectivity index (χ0n) is 10.2. The van der Waals surface area contributed by atoms with E-state index >= 15 is 0 Å². The van der Waals surface area contributed by atoms with Gasteiger partial charge in [0.05, 0.1) is 5.60 Å². The molecule has 16 heavy (non-hydrogen) atoms. The Labute approximate surface area is 102 Å². The van der Waals surface area contributed by atoms with E-state index in [1.807, 2.05) is 31.4 Å². The second-order valence-corrected chi connectivity index (χ2v) is 5.31. The van der Waals surface area contributed by atoms with E-state index in [4.69, 9.17) is 0 Å². The number of rotatable bonds is 6. The molecule has 0 saturated carbocycles. The minimum Gasteiger partial charge on any atom is -0.388 e. The summed E-state index contributed by atoms with van der Waals surface area (Å²) in [6.07, 6.45) is 2.01. The third-order valence-electron chi connectivity index (χ3n) is 2.54. The van der Waals surface area contributed by atoms with E-state index in [-0.39, 0.29) is 6.04 Å². The first kappa shape index (κ1) is 13.6. The molecule has 0 radical (unpaired) electrons. The summed E-state index contributed by atoms with van der Waals surface area (Å²) in [7, 11) is 0. The first-order valence-electron chi connectivity index (χ1n) is 5.55. The highest BCUT2D eigenvalue weighted by Gasteiger charge is 2.20. The highest BCUT2D eigenvalue weighted by Crippen LogP contribution is 2.14. The van der Waals surface area contributed by atoms with Gasteiger partial charge in [-0.3, -0.25) is 0 Å². The molecule has 0 aliphatic heterocycles. The molecule has 2 unspecified atom stereocenters. The van der Waals surface area contributed by atoms with Crippen LogP contribution in [0.5, 0.6) is 0 Å². The molecule has 2 atom stereocenters. The van der Waals surface area contributed by atoms with Gasteiger partial charge in [0.2, 0.25) is 0 Å². The Morgan fingerprint density at radius 1 is 1.38 bits per heavy atom. The van der Waals surface area contributed by atoms with Crippen LogP contribution in [0.2, 0.25) is 0 Å². The van der Waals surface area contributed by atoms with Gasteiger partial charge in [-0.05, 0) is 25.7 Å². The fourth-order valence-corrected chi connectivity index (χ4v) is 2.32. The van der Waals surface area contributed by atoms with Crippen LogP contribution in [-0.2, 0) is 0 Å². The van der Waals surface area contributed by atoms with Crippen molar-refractivity contribution in [1.29, 1.82) is 0 Å². The third-order valence-corrected chi connectivity index (χ3v) is 3.45. The lowest BCUT2D eigenvalue weighted by atomic mass is 10.1. The lowest BCUT2D eigenvalue weighted by Crippen LogP contribution is -2.40. The van der Waals surface area contributed by atoms with Gasteiger partial charge in [-0.1, -0.05) is 30.3 Å². The van der Waals surface area contributed by atoms with Gasteiger partial charge in [-0.2, -0.15) is 11.8 Å². The molecule has 2 N–H and O–H groups in total. The molecular formula is C13H21NOS. The second kappa shape index (κ2) is 6.28. The average Bonchev–Trinajstić information content (AvgIpc) is 2.27. The molecule has 0 aromatic heterocycles. The lowest BCUT2D eigenvalue weighted by molar-refractivity contribution is 0.0821. The van der Waals surface area contributed by atoms with Crippen molar-refractivity contribution in [3.05, 3.63) is 35.9 Å². The van der Waals surface area contributed by atoms with E-state index in [0.717, 1.165) is 5.75 Å². The number of thioether (sulfide) groups is 1. The molecule has 1 aromatic carbocycles. The standard InChI is InChI=1S/C13H21NOS/c1-11(12-7-5-4-6-8-12)14-9-13(2,15)10-16-3/h4-8,11,14-15H,9-10H2,1-3H3. The zero-order valence-corrected chi connectivity index (χ0v) is 11.1. The fraction of sp³-hybridized carbons (Fsp3) is 0.538. The van der Waals surface area contributed by atoms with E-state index in [1.54, 1.807) is 11.8 Å². The number of benzene rings is 1. The summed E-state index contributed by atoms with van der Waals surface area (Å²) in [5.74, 6) is 0.751. The summed E-state index contributed by atoms with van der Waals surface area (Å²) in [4.78, 5) is 0. The number of hydrogen-bond donors (Lipinski definition) is 2. The summed E-state index contributed by atoms with van der Waals surface area (Å²) in [5.41, 5.74) is 0.616. The second-order valence-electron chi connectivity index (χ2n) is 4.44. The zero-order chi connectivity index (χ0) is 12.0. The average molecular weight is 239 g/mol. The molecule has 1 rings (SSSR count). The van der Waals surface area contributed by atoms with Gasteiger partial charge in [-0.15, -0.1) is 0 Å². The molecule has 0 amide bonds. The number of nitrogens with one attached hydrogen (secondary N) is 1. The van der Waals surface area contributed by atoms with Crippen LogP contribution in [0.15, 0.2) is 30.3 Å². The van der Waals surface area contributed by atoms with Gasteiger partial charge in [-0.25, -0.2) is 0 Å². The van der Waals surface area contributed by atoms with Crippen molar-refractivity contribution >= 4 is 11.8 Å². The van der Waals surface area contributed by atoms with Gasteiger partial charge in [0.25, 0.3) is 0 Å². The topological polar surface area (TPSA) is 32.3 Å². The Kier molecular flexibility index (Phi) is 5.32. The van der Waals surface area contributed by atoms with Crippen molar-refractivity contribution in [2.75, 3.05) is 18.6 Å². The maximum Gasteiger partial charge on any atom is 0.0833 e. The van der Waals surface area contributed by atoms with Gasteiger partial charge >= 0.3 is 0 Å². The first-order chi connectivity index (χ1) is 7.55. The SMILES string of the molecule is CSCC(C)(O)CNC(C)c1ccccc1.